The minimum Gasteiger partial charge on any atom is -0.340 e. The van der Waals surface area contributed by atoms with Crippen LogP contribution in [0.4, 0.5) is 0 Å². The molecule has 0 spiro atoms. The fraction of sp³-hybridized carbons (Fsp3) is 0.917. The molecule has 2 N–H and O–H groups in total. The molecule has 4 nitrogen and oxygen atoms in total. The van der Waals surface area contributed by atoms with Crippen LogP contribution in [0.25, 0.3) is 0 Å². The van der Waals surface area contributed by atoms with E-state index in [-0.39, 0.29) is 0 Å². The van der Waals surface area contributed by atoms with Crippen LogP contribution in [-0.4, -0.2) is 54.5 Å². The Morgan fingerprint density at radius 1 is 1.19 bits per heavy atom. The number of carbonyl (C=O) groups is 1. The molecule has 0 atom stereocenters. The summed E-state index contributed by atoms with van der Waals surface area (Å²) >= 11 is 0. The molecular weight excluding hydrogens is 202 g/mol. The van der Waals surface area contributed by atoms with E-state index in [1.807, 2.05) is 0 Å². The number of amides is 1. The molecule has 2 fully saturated rings. The fourth-order valence-electron chi connectivity index (χ4n) is 2.85. The highest BCUT2D eigenvalue weighted by atomic mass is 16.2. The summed E-state index contributed by atoms with van der Waals surface area (Å²) in [5.74, 6) is 0.378. The number of rotatable bonds is 3. The van der Waals surface area contributed by atoms with Crippen molar-refractivity contribution in [2.45, 2.75) is 38.1 Å². The first-order valence-corrected chi connectivity index (χ1v) is 6.53. The van der Waals surface area contributed by atoms with Gasteiger partial charge < -0.3 is 15.5 Å². The van der Waals surface area contributed by atoms with E-state index in [1.165, 1.54) is 6.42 Å². The van der Waals surface area contributed by atoms with Crippen LogP contribution in [-0.2, 0) is 4.79 Å². The van der Waals surface area contributed by atoms with Crippen LogP contribution >= 0.6 is 0 Å². The zero-order chi connectivity index (χ0) is 11.4. The van der Waals surface area contributed by atoms with Crippen molar-refractivity contribution in [3.8, 4) is 0 Å². The van der Waals surface area contributed by atoms with Gasteiger partial charge in [-0.2, -0.15) is 0 Å². The molecule has 2 aliphatic rings. The largest absolute Gasteiger partial charge is 0.340 e. The van der Waals surface area contributed by atoms with Gasteiger partial charge in [0.15, 0.2) is 0 Å². The van der Waals surface area contributed by atoms with Gasteiger partial charge in [0.05, 0.1) is 0 Å². The average Bonchev–Trinajstić information content (AvgIpc) is 2.31. The molecule has 0 aliphatic carbocycles. The predicted octanol–water partition coefficient (Wildman–Crippen LogP) is 0.422. The first-order chi connectivity index (χ1) is 7.81. The standard InChI is InChI=1S/C12H23N3O/c13-6-10-14-8-4-11(5-9-14)15-7-2-1-3-12(15)16/h11H,1-10,13H2. The van der Waals surface area contributed by atoms with Gasteiger partial charge in [0, 0.05) is 45.2 Å². The number of nitrogens with two attached hydrogens (primary N) is 1. The lowest BCUT2D eigenvalue weighted by Crippen LogP contribution is -2.49. The van der Waals surface area contributed by atoms with E-state index < -0.39 is 0 Å². The van der Waals surface area contributed by atoms with Crippen LogP contribution in [0.3, 0.4) is 0 Å². The summed E-state index contributed by atoms with van der Waals surface area (Å²) in [5.41, 5.74) is 5.55. The van der Waals surface area contributed by atoms with E-state index in [4.69, 9.17) is 5.73 Å². The van der Waals surface area contributed by atoms with E-state index in [0.717, 1.165) is 58.4 Å². The number of hydrogen-bond donors (Lipinski definition) is 1. The Morgan fingerprint density at radius 3 is 2.56 bits per heavy atom. The molecule has 0 radical (unpaired) electrons. The quantitative estimate of drug-likeness (QED) is 0.757. The van der Waals surface area contributed by atoms with Crippen molar-refractivity contribution in [3.05, 3.63) is 0 Å². The number of carbonyl (C=O) groups excluding carboxylic acids is 1. The van der Waals surface area contributed by atoms with Crippen molar-refractivity contribution in [2.75, 3.05) is 32.7 Å². The first kappa shape index (κ1) is 11.9. The maximum Gasteiger partial charge on any atom is 0.222 e. The average molecular weight is 225 g/mol. The number of piperidine rings is 2. The Hall–Kier alpha value is -0.610. The smallest absolute Gasteiger partial charge is 0.222 e. The Bertz CT molecular complexity index is 236. The molecule has 2 rings (SSSR count). The Balaban J connectivity index is 1.81. The van der Waals surface area contributed by atoms with Crippen molar-refractivity contribution >= 4 is 5.91 Å². The lowest BCUT2D eigenvalue weighted by molar-refractivity contribution is -0.136. The maximum atomic E-state index is 11.8. The summed E-state index contributed by atoms with van der Waals surface area (Å²) in [7, 11) is 0. The van der Waals surface area contributed by atoms with E-state index >= 15 is 0 Å². The number of hydrogen-bond acceptors (Lipinski definition) is 3. The normalized spacial score (nSPS) is 25.1. The second-order valence-corrected chi connectivity index (χ2v) is 4.91. The molecule has 0 unspecified atom stereocenters. The lowest BCUT2D eigenvalue weighted by Gasteiger charge is -2.40. The molecule has 2 saturated heterocycles. The van der Waals surface area contributed by atoms with E-state index in [0.29, 0.717) is 11.9 Å². The third-order valence-electron chi connectivity index (χ3n) is 3.80. The summed E-state index contributed by atoms with van der Waals surface area (Å²) in [6.07, 6.45) is 5.30. The van der Waals surface area contributed by atoms with Gasteiger partial charge in [-0.05, 0) is 25.7 Å². The Morgan fingerprint density at radius 2 is 1.94 bits per heavy atom. The van der Waals surface area contributed by atoms with Crippen LogP contribution in [0, 0.1) is 0 Å². The van der Waals surface area contributed by atoms with Crippen LogP contribution in [0.15, 0.2) is 0 Å². The van der Waals surface area contributed by atoms with Crippen LogP contribution in [0.1, 0.15) is 32.1 Å². The topological polar surface area (TPSA) is 49.6 Å². The lowest BCUT2D eigenvalue weighted by atomic mass is 9.99. The summed E-state index contributed by atoms with van der Waals surface area (Å²) in [6, 6.07) is 0.502. The van der Waals surface area contributed by atoms with Crippen LogP contribution < -0.4 is 5.73 Å². The molecule has 2 aliphatic heterocycles. The predicted molar refractivity (Wildman–Crippen MR) is 64.1 cm³/mol. The van der Waals surface area contributed by atoms with Crippen LogP contribution in [0.5, 0.6) is 0 Å². The highest BCUT2D eigenvalue weighted by molar-refractivity contribution is 5.77. The Labute approximate surface area is 97.8 Å². The van der Waals surface area contributed by atoms with Gasteiger partial charge >= 0.3 is 0 Å². The fourth-order valence-corrected chi connectivity index (χ4v) is 2.85. The van der Waals surface area contributed by atoms with Gasteiger partial charge in [0.25, 0.3) is 0 Å². The van der Waals surface area contributed by atoms with Gasteiger partial charge in [-0.3, -0.25) is 4.79 Å². The molecule has 0 bridgehead atoms. The highest BCUT2D eigenvalue weighted by Crippen LogP contribution is 2.21. The minimum absolute atomic E-state index is 0.378. The molecule has 0 aromatic heterocycles. The summed E-state index contributed by atoms with van der Waals surface area (Å²) in [6.45, 7) is 4.94. The molecule has 0 aromatic carbocycles. The molecular formula is C12H23N3O. The second kappa shape index (κ2) is 5.64. The Kier molecular flexibility index (Phi) is 4.18. The number of nitrogens with zero attached hydrogens (tertiary/aromatic N) is 2. The zero-order valence-corrected chi connectivity index (χ0v) is 10.0. The van der Waals surface area contributed by atoms with Crippen molar-refractivity contribution in [3.63, 3.8) is 0 Å². The van der Waals surface area contributed by atoms with Gasteiger partial charge in [-0.25, -0.2) is 0 Å². The van der Waals surface area contributed by atoms with Crippen LogP contribution in [0.2, 0.25) is 0 Å². The summed E-state index contributed by atoms with van der Waals surface area (Å²) in [4.78, 5) is 16.3. The number of likely N-dealkylation sites (tertiary alicyclic amines) is 2. The minimum atomic E-state index is 0.378. The molecule has 16 heavy (non-hydrogen) atoms. The molecule has 1 amide bonds. The first-order valence-electron chi connectivity index (χ1n) is 6.53. The van der Waals surface area contributed by atoms with Gasteiger partial charge in [-0.1, -0.05) is 0 Å². The monoisotopic (exact) mass is 225 g/mol. The van der Waals surface area contributed by atoms with Crippen molar-refractivity contribution in [1.29, 1.82) is 0 Å². The third kappa shape index (κ3) is 2.74. The van der Waals surface area contributed by atoms with E-state index in [1.54, 1.807) is 0 Å². The van der Waals surface area contributed by atoms with Gasteiger partial charge in [0.2, 0.25) is 5.91 Å². The summed E-state index contributed by atoms with van der Waals surface area (Å²) in [5, 5.41) is 0. The zero-order valence-electron chi connectivity index (χ0n) is 10.0. The molecule has 0 saturated carbocycles. The van der Waals surface area contributed by atoms with Gasteiger partial charge in [-0.15, -0.1) is 0 Å². The van der Waals surface area contributed by atoms with Crippen molar-refractivity contribution in [1.82, 2.24) is 9.80 Å². The van der Waals surface area contributed by atoms with Crippen molar-refractivity contribution in [2.24, 2.45) is 5.73 Å². The van der Waals surface area contributed by atoms with E-state index in [2.05, 4.69) is 9.80 Å². The molecule has 92 valence electrons. The molecule has 4 heteroatoms. The highest BCUT2D eigenvalue weighted by Gasteiger charge is 2.28. The third-order valence-corrected chi connectivity index (χ3v) is 3.80. The maximum absolute atomic E-state index is 11.8. The summed E-state index contributed by atoms with van der Waals surface area (Å²) < 4.78 is 0. The van der Waals surface area contributed by atoms with E-state index in [9.17, 15) is 4.79 Å². The van der Waals surface area contributed by atoms with Gasteiger partial charge in [0.1, 0.15) is 0 Å². The van der Waals surface area contributed by atoms with Crippen molar-refractivity contribution < 1.29 is 4.79 Å². The molecule has 2 heterocycles. The SMILES string of the molecule is NCCN1CCC(N2CCCCC2=O)CC1. The molecule has 0 aromatic rings. The second-order valence-electron chi connectivity index (χ2n) is 4.91.